The summed E-state index contributed by atoms with van der Waals surface area (Å²) < 4.78 is 0. The van der Waals surface area contributed by atoms with Crippen molar-refractivity contribution < 1.29 is 0 Å². The van der Waals surface area contributed by atoms with Gasteiger partial charge in [0, 0.05) is 24.5 Å². The van der Waals surface area contributed by atoms with Crippen molar-refractivity contribution in [3.63, 3.8) is 0 Å². The van der Waals surface area contributed by atoms with Crippen LogP contribution in [-0.2, 0) is 6.54 Å². The third-order valence-corrected chi connectivity index (χ3v) is 6.06. The van der Waals surface area contributed by atoms with Gasteiger partial charge in [-0.1, -0.05) is 19.3 Å². The maximum Gasteiger partial charge on any atom is 0.188 e. The molecule has 2 fully saturated rings. The van der Waals surface area contributed by atoms with Gasteiger partial charge in [-0.2, -0.15) is 0 Å². The number of nitrogens with one attached hydrogen (secondary N) is 1. The predicted molar refractivity (Wildman–Crippen MR) is 117 cm³/mol. The van der Waals surface area contributed by atoms with E-state index in [2.05, 4.69) is 32.5 Å². The molecule has 1 saturated heterocycles. The first-order valence-electron chi connectivity index (χ1n) is 9.39. The van der Waals surface area contributed by atoms with Gasteiger partial charge in [-0.15, -0.1) is 35.3 Å². The lowest BCUT2D eigenvalue weighted by molar-refractivity contribution is 0.179. The highest BCUT2D eigenvalue weighted by atomic mass is 127. The van der Waals surface area contributed by atoms with Gasteiger partial charge in [-0.25, -0.2) is 4.98 Å². The first-order valence-corrected chi connectivity index (χ1v) is 10.3. The fraction of sp³-hybridized carbons (Fsp3) is 0.778. The predicted octanol–water partition coefficient (Wildman–Crippen LogP) is 3.52. The molecule has 0 radical (unpaired) electrons. The summed E-state index contributed by atoms with van der Waals surface area (Å²) in [4.78, 5) is 11.7. The molecule has 1 aliphatic carbocycles. The van der Waals surface area contributed by atoms with E-state index in [-0.39, 0.29) is 24.0 Å². The van der Waals surface area contributed by atoms with Gasteiger partial charge in [0.1, 0.15) is 0 Å². The largest absolute Gasteiger partial charge is 0.370 e. The standard InChI is InChI=1S/C18H31N5S.HI/c1-14-21-17(13-24-14)12-23-9-7-15(8-10-23)11-20-18(19)22-16-5-3-2-4-6-16;/h13,15-16H,2-12H2,1H3,(H3,19,20,22);1H. The molecule has 0 spiro atoms. The maximum atomic E-state index is 6.07. The number of piperidine rings is 1. The van der Waals surface area contributed by atoms with Gasteiger partial charge in [0.25, 0.3) is 0 Å². The monoisotopic (exact) mass is 477 g/mol. The van der Waals surface area contributed by atoms with Crippen LogP contribution in [0.3, 0.4) is 0 Å². The van der Waals surface area contributed by atoms with Crippen LogP contribution < -0.4 is 11.1 Å². The number of aliphatic imine (C=N–C) groups is 1. The number of aryl methyl sites for hydroxylation is 1. The smallest absolute Gasteiger partial charge is 0.188 e. The topological polar surface area (TPSA) is 66.5 Å². The molecule has 1 aromatic rings. The second-order valence-electron chi connectivity index (χ2n) is 7.28. The van der Waals surface area contributed by atoms with Gasteiger partial charge in [0.2, 0.25) is 0 Å². The van der Waals surface area contributed by atoms with E-state index in [0.717, 1.165) is 31.2 Å². The molecular formula is C18H32IN5S. The summed E-state index contributed by atoms with van der Waals surface area (Å²) in [6.07, 6.45) is 8.92. The van der Waals surface area contributed by atoms with Gasteiger partial charge in [0.05, 0.1) is 10.7 Å². The van der Waals surface area contributed by atoms with Crippen molar-refractivity contribution in [3.05, 3.63) is 16.1 Å². The van der Waals surface area contributed by atoms with Crippen molar-refractivity contribution in [3.8, 4) is 0 Å². The van der Waals surface area contributed by atoms with Crippen LogP contribution in [0.5, 0.6) is 0 Å². The molecule has 3 rings (SSSR count). The van der Waals surface area contributed by atoms with Crippen LogP contribution >= 0.6 is 35.3 Å². The lowest BCUT2D eigenvalue weighted by Crippen LogP contribution is -2.41. The van der Waals surface area contributed by atoms with Crippen LogP contribution in [0, 0.1) is 12.8 Å². The summed E-state index contributed by atoms with van der Waals surface area (Å²) in [5, 5.41) is 6.76. The van der Waals surface area contributed by atoms with Crippen LogP contribution in [0.1, 0.15) is 55.6 Å². The van der Waals surface area contributed by atoms with Gasteiger partial charge in [0.15, 0.2) is 5.96 Å². The number of hydrogen-bond donors (Lipinski definition) is 2. The zero-order chi connectivity index (χ0) is 16.8. The minimum atomic E-state index is 0. The zero-order valence-corrected chi connectivity index (χ0v) is 18.4. The van der Waals surface area contributed by atoms with Gasteiger partial charge < -0.3 is 11.1 Å². The SMILES string of the molecule is Cc1nc(CN2CCC(CN=C(N)NC3CCCCC3)CC2)cs1.I. The number of guanidine groups is 1. The van der Waals surface area contributed by atoms with Gasteiger partial charge in [-0.05, 0) is 51.6 Å². The molecule has 5 nitrogen and oxygen atoms in total. The first-order chi connectivity index (χ1) is 11.7. The molecule has 0 aromatic carbocycles. The Kier molecular flexibility index (Phi) is 8.92. The van der Waals surface area contributed by atoms with Crippen LogP contribution in [0.2, 0.25) is 0 Å². The highest BCUT2D eigenvalue weighted by Gasteiger charge is 2.20. The number of halogens is 1. The van der Waals surface area contributed by atoms with E-state index in [4.69, 9.17) is 5.73 Å². The summed E-state index contributed by atoms with van der Waals surface area (Å²) in [6.45, 7) is 6.23. The number of rotatable bonds is 5. The van der Waals surface area contributed by atoms with E-state index < -0.39 is 0 Å². The summed E-state index contributed by atoms with van der Waals surface area (Å²) >= 11 is 1.74. The number of nitrogens with two attached hydrogens (primary N) is 1. The molecule has 142 valence electrons. The van der Waals surface area contributed by atoms with Crippen LogP contribution in [0.15, 0.2) is 10.4 Å². The van der Waals surface area contributed by atoms with E-state index >= 15 is 0 Å². The lowest BCUT2D eigenvalue weighted by Gasteiger charge is -2.30. The van der Waals surface area contributed by atoms with Crippen molar-refractivity contribution in [2.75, 3.05) is 19.6 Å². The number of nitrogens with zero attached hydrogens (tertiary/aromatic N) is 3. The Labute approximate surface area is 172 Å². The minimum Gasteiger partial charge on any atom is -0.370 e. The van der Waals surface area contributed by atoms with E-state index in [9.17, 15) is 0 Å². The van der Waals surface area contributed by atoms with E-state index in [1.54, 1.807) is 11.3 Å². The molecule has 2 aliphatic rings. The molecule has 1 saturated carbocycles. The average Bonchev–Trinajstić information content (AvgIpc) is 3.00. The first kappa shape index (κ1) is 20.9. The molecule has 1 aliphatic heterocycles. The molecule has 0 atom stereocenters. The molecule has 3 N–H and O–H groups in total. The molecule has 0 bridgehead atoms. The molecule has 7 heteroatoms. The Morgan fingerprint density at radius 1 is 1.28 bits per heavy atom. The number of aromatic nitrogens is 1. The Bertz CT molecular complexity index is 533. The molecule has 0 amide bonds. The normalized spacial score (nSPS) is 21.1. The Morgan fingerprint density at radius 2 is 2.00 bits per heavy atom. The Morgan fingerprint density at radius 3 is 2.64 bits per heavy atom. The highest BCUT2D eigenvalue weighted by Crippen LogP contribution is 2.20. The molecule has 25 heavy (non-hydrogen) atoms. The Hall–Kier alpha value is -0.410. The third kappa shape index (κ3) is 7.02. The minimum absolute atomic E-state index is 0. The maximum absolute atomic E-state index is 6.07. The quantitative estimate of drug-likeness (QED) is 0.387. The fourth-order valence-corrected chi connectivity index (χ4v) is 4.37. The number of likely N-dealkylation sites (tertiary alicyclic amines) is 1. The summed E-state index contributed by atoms with van der Waals surface area (Å²) in [6, 6.07) is 0.547. The second-order valence-corrected chi connectivity index (χ2v) is 8.34. The lowest BCUT2D eigenvalue weighted by atomic mass is 9.95. The third-order valence-electron chi connectivity index (χ3n) is 5.24. The summed E-state index contributed by atoms with van der Waals surface area (Å²) in [7, 11) is 0. The molecular weight excluding hydrogens is 445 g/mol. The number of hydrogen-bond acceptors (Lipinski definition) is 4. The van der Waals surface area contributed by atoms with Crippen molar-refractivity contribution in [1.82, 2.24) is 15.2 Å². The van der Waals surface area contributed by atoms with Crippen molar-refractivity contribution >= 4 is 41.3 Å². The molecule has 0 unspecified atom stereocenters. The number of thiazole rings is 1. The van der Waals surface area contributed by atoms with Crippen LogP contribution in [0.25, 0.3) is 0 Å². The molecule has 1 aromatic heterocycles. The van der Waals surface area contributed by atoms with Crippen LogP contribution in [-0.4, -0.2) is 41.5 Å². The molecule has 2 heterocycles. The fourth-order valence-electron chi connectivity index (χ4n) is 3.77. The van der Waals surface area contributed by atoms with E-state index in [1.807, 2.05) is 0 Å². The summed E-state index contributed by atoms with van der Waals surface area (Å²) in [5.74, 6) is 1.33. The Balaban J connectivity index is 0.00000225. The average molecular weight is 477 g/mol. The van der Waals surface area contributed by atoms with E-state index in [0.29, 0.717) is 17.9 Å². The summed E-state index contributed by atoms with van der Waals surface area (Å²) in [5.41, 5.74) is 7.29. The van der Waals surface area contributed by atoms with Crippen LogP contribution in [0.4, 0.5) is 0 Å². The van der Waals surface area contributed by atoms with Gasteiger partial charge in [-0.3, -0.25) is 9.89 Å². The second kappa shape index (κ2) is 10.7. The van der Waals surface area contributed by atoms with Crippen molar-refractivity contribution in [2.45, 2.75) is 64.5 Å². The van der Waals surface area contributed by atoms with E-state index in [1.165, 1.54) is 50.6 Å². The highest BCUT2D eigenvalue weighted by molar-refractivity contribution is 14.0. The van der Waals surface area contributed by atoms with Crippen molar-refractivity contribution in [1.29, 1.82) is 0 Å². The van der Waals surface area contributed by atoms with Crippen molar-refractivity contribution in [2.24, 2.45) is 16.6 Å². The van der Waals surface area contributed by atoms with Gasteiger partial charge >= 0.3 is 0 Å². The zero-order valence-electron chi connectivity index (χ0n) is 15.2.